The molecule has 0 saturated carbocycles. The lowest BCUT2D eigenvalue weighted by atomic mass is 10.0. The van der Waals surface area contributed by atoms with Gasteiger partial charge in [0.05, 0.1) is 12.6 Å². The van der Waals surface area contributed by atoms with Crippen molar-refractivity contribution in [1.29, 1.82) is 0 Å². The molecule has 1 atom stereocenters. The van der Waals surface area contributed by atoms with Gasteiger partial charge in [0.2, 0.25) is 0 Å². The van der Waals surface area contributed by atoms with Crippen molar-refractivity contribution in [2.24, 2.45) is 0 Å². The van der Waals surface area contributed by atoms with Crippen LogP contribution in [0.1, 0.15) is 36.2 Å². The van der Waals surface area contributed by atoms with Crippen molar-refractivity contribution in [2.75, 3.05) is 13.2 Å². The van der Waals surface area contributed by atoms with Crippen LogP contribution >= 0.6 is 0 Å². The topological polar surface area (TPSA) is 37.6 Å². The Balaban J connectivity index is 1.69. The van der Waals surface area contributed by atoms with Crippen molar-refractivity contribution in [2.45, 2.75) is 32.5 Å². The number of halogens is 1. The molecule has 5 heteroatoms. The lowest BCUT2D eigenvalue weighted by Gasteiger charge is -2.31. The summed E-state index contributed by atoms with van der Waals surface area (Å²) in [6, 6.07) is 16.6. The number of aryl methyl sites for hydroxylation is 1. The molecule has 0 radical (unpaired) electrons. The number of benzene rings is 2. The van der Waals surface area contributed by atoms with Gasteiger partial charge in [-0.05, 0) is 60.9 Å². The second kappa shape index (κ2) is 8.07. The van der Waals surface area contributed by atoms with E-state index >= 15 is 0 Å². The van der Waals surface area contributed by atoms with Crippen molar-refractivity contribution >= 4 is 0 Å². The van der Waals surface area contributed by atoms with Crippen LogP contribution in [0.4, 0.5) is 4.39 Å². The maximum absolute atomic E-state index is 13.5. The van der Waals surface area contributed by atoms with E-state index in [4.69, 9.17) is 4.74 Å². The van der Waals surface area contributed by atoms with Crippen LogP contribution in [-0.2, 0) is 13.1 Å². The monoisotopic (exact) mass is 380 g/mol. The number of aromatic nitrogens is 1. The average molecular weight is 380 g/mol. The molecular weight excluding hydrogens is 355 g/mol. The van der Waals surface area contributed by atoms with E-state index in [0.29, 0.717) is 18.9 Å². The van der Waals surface area contributed by atoms with Gasteiger partial charge in [0.25, 0.3) is 0 Å². The molecule has 0 bridgehead atoms. The minimum atomic E-state index is -0.223. The van der Waals surface area contributed by atoms with Crippen molar-refractivity contribution in [3.63, 3.8) is 0 Å². The van der Waals surface area contributed by atoms with Crippen LogP contribution in [0, 0.1) is 5.82 Å². The zero-order valence-corrected chi connectivity index (χ0v) is 16.0. The highest BCUT2D eigenvalue weighted by Crippen LogP contribution is 2.34. The summed E-state index contributed by atoms with van der Waals surface area (Å²) < 4.78 is 21.3. The smallest absolute Gasteiger partial charge is 0.161 e. The minimum absolute atomic E-state index is 0.0439. The Kier molecular flexibility index (Phi) is 5.35. The first kappa shape index (κ1) is 18.6. The zero-order valence-electron chi connectivity index (χ0n) is 16.0. The highest BCUT2D eigenvalue weighted by Gasteiger charge is 2.27. The largest absolute Gasteiger partial charge is 0.504 e. The standard InChI is InChI=1S/C23H25FN2O2/c1-2-28-22-15-17(6-11-21(22)27)16-26-14-4-13-25-12-3-5-20(25)23(26)18-7-9-19(24)10-8-18/h3,5-12,15,23,27H,2,4,13-14,16H2,1H3/t23-/m0/s1. The molecular formula is C23H25FN2O2. The van der Waals surface area contributed by atoms with E-state index in [9.17, 15) is 9.50 Å². The van der Waals surface area contributed by atoms with Crippen LogP contribution in [0.15, 0.2) is 60.8 Å². The molecule has 0 fully saturated rings. The van der Waals surface area contributed by atoms with Gasteiger partial charge in [0, 0.05) is 31.5 Å². The van der Waals surface area contributed by atoms with Gasteiger partial charge in [-0.1, -0.05) is 18.2 Å². The molecule has 0 amide bonds. The third kappa shape index (κ3) is 3.76. The van der Waals surface area contributed by atoms with E-state index in [1.165, 1.54) is 17.8 Å². The summed E-state index contributed by atoms with van der Waals surface area (Å²) in [7, 11) is 0. The van der Waals surface area contributed by atoms with Gasteiger partial charge in [-0.2, -0.15) is 0 Å². The van der Waals surface area contributed by atoms with Crippen molar-refractivity contribution in [3.05, 3.63) is 83.4 Å². The highest BCUT2D eigenvalue weighted by molar-refractivity contribution is 5.42. The lowest BCUT2D eigenvalue weighted by molar-refractivity contribution is 0.219. The number of phenolic OH excluding ortho intramolecular Hbond substituents is 1. The van der Waals surface area contributed by atoms with Crippen molar-refractivity contribution in [3.8, 4) is 11.5 Å². The summed E-state index contributed by atoms with van der Waals surface area (Å²) in [5, 5.41) is 10.00. The number of ether oxygens (including phenoxy) is 1. The van der Waals surface area contributed by atoms with Crippen LogP contribution in [-0.4, -0.2) is 27.7 Å². The van der Waals surface area contributed by atoms with Crippen molar-refractivity contribution < 1.29 is 14.2 Å². The maximum Gasteiger partial charge on any atom is 0.161 e. The summed E-state index contributed by atoms with van der Waals surface area (Å²) in [6.07, 6.45) is 3.15. The fourth-order valence-electron chi connectivity index (χ4n) is 4.00. The Bertz CT molecular complexity index is 936. The van der Waals surface area contributed by atoms with Gasteiger partial charge in [-0.15, -0.1) is 0 Å². The number of fused-ring (bicyclic) bond motifs is 1. The minimum Gasteiger partial charge on any atom is -0.504 e. The molecule has 1 aliphatic heterocycles. The van der Waals surface area contributed by atoms with E-state index in [-0.39, 0.29) is 17.6 Å². The Morgan fingerprint density at radius 1 is 1.11 bits per heavy atom. The lowest BCUT2D eigenvalue weighted by Crippen LogP contribution is -2.29. The van der Waals surface area contributed by atoms with Crippen LogP contribution in [0.2, 0.25) is 0 Å². The van der Waals surface area contributed by atoms with E-state index in [1.807, 2.05) is 31.2 Å². The van der Waals surface area contributed by atoms with E-state index in [1.54, 1.807) is 6.07 Å². The first-order chi connectivity index (χ1) is 13.7. The van der Waals surface area contributed by atoms with E-state index in [2.05, 4.69) is 27.8 Å². The molecule has 146 valence electrons. The third-order valence-electron chi connectivity index (χ3n) is 5.25. The predicted molar refractivity (Wildman–Crippen MR) is 107 cm³/mol. The average Bonchev–Trinajstić information content (AvgIpc) is 3.07. The first-order valence-corrected chi connectivity index (χ1v) is 9.75. The summed E-state index contributed by atoms with van der Waals surface area (Å²) in [5.41, 5.74) is 3.37. The van der Waals surface area contributed by atoms with Gasteiger partial charge in [0.15, 0.2) is 11.5 Å². The van der Waals surface area contributed by atoms with E-state index in [0.717, 1.165) is 30.6 Å². The van der Waals surface area contributed by atoms with Crippen LogP contribution in [0.5, 0.6) is 11.5 Å². The summed E-state index contributed by atoms with van der Waals surface area (Å²) >= 11 is 0. The van der Waals surface area contributed by atoms with Gasteiger partial charge in [-0.25, -0.2) is 4.39 Å². The third-order valence-corrected chi connectivity index (χ3v) is 5.25. The molecule has 1 aromatic heterocycles. The molecule has 0 saturated heterocycles. The Morgan fingerprint density at radius 3 is 2.71 bits per heavy atom. The number of nitrogens with zero attached hydrogens (tertiary/aromatic N) is 2. The molecule has 4 nitrogen and oxygen atoms in total. The van der Waals surface area contributed by atoms with E-state index < -0.39 is 0 Å². The molecule has 28 heavy (non-hydrogen) atoms. The van der Waals surface area contributed by atoms with Crippen molar-refractivity contribution in [1.82, 2.24) is 9.47 Å². The van der Waals surface area contributed by atoms with Crippen LogP contribution in [0.3, 0.4) is 0 Å². The quantitative estimate of drug-likeness (QED) is 0.696. The Labute approximate surface area is 164 Å². The molecule has 2 aromatic carbocycles. The SMILES string of the molecule is CCOc1cc(CN2CCCn3cccc3[C@@H]2c2ccc(F)cc2)ccc1O. The maximum atomic E-state index is 13.5. The number of rotatable bonds is 5. The molecule has 0 aliphatic carbocycles. The van der Waals surface area contributed by atoms with Gasteiger partial charge >= 0.3 is 0 Å². The molecule has 3 aromatic rings. The number of hydrogen-bond acceptors (Lipinski definition) is 3. The highest BCUT2D eigenvalue weighted by atomic mass is 19.1. The normalized spacial score (nSPS) is 17.1. The van der Waals surface area contributed by atoms with Crippen LogP contribution in [0.25, 0.3) is 0 Å². The summed E-state index contributed by atoms with van der Waals surface area (Å²) in [6.45, 7) is 5.02. The predicted octanol–water partition coefficient (Wildman–Crippen LogP) is 4.73. The molecule has 1 N–H and O–H groups in total. The fourth-order valence-corrected chi connectivity index (χ4v) is 4.00. The summed E-state index contributed by atoms with van der Waals surface area (Å²) in [5.74, 6) is 0.446. The second-order valence-electron chi connectivity index (χ2n) is 7.14. The Morgan fingerprint density at radius 2 is 1.93 bits per heavy atom. The molecule has 0 spiro atoms. The van der Waals surface area contributed by atoms with Crippen LogP contribution < -0.4 is 4.74 Å². The Hall–Kier alpha value is -2.79. The molecule has 4 rings (SSSR count). The number of phenols is 1. The van der Waals surface area contributed by atoms with Gasteiger partial charge < -0.3 is 14.4 Å². The molecule has 2 heterocycles. The fraction of sp³-hybridized carbons (Fsp3) is 0.304. The molecule has 0 unspecified atom stereocenters. The summed E-state index contributed by atoms with van der Waals surface area (Å²) in [4.78, 5) is 2.41. The van der Waals surface area contributed by atoms with Gasteiger partial charge in [0.1, 0.15) is 5.82 Å². The molecule has 1 aliphatic rings. The zero-order chi connectivity index (χ0) is 19.5. The number of aromatic hydroxyl groups is 1. The van der Waals surface area contributed by atoms with Gasteiger partial charge in [-0.3, -0.25) is 4.90 Å². The second-order valence-corrected chi connectivity index (χ2v) is 7.14. The number of hydrogen-bond donors (Lipinski definition) is 1. The first-order valence-electron chi connectivity index (χ1n) is 9.75.